The van der Waals surface area contributed by atoms with Crippen molar-refractivity contribution in [3.63, 3.8) is 0 Å². The summed E-state index contributed by atoms with van der Waals surface area (Å²) in [5.74, 6) is -1.11. The zero-order valence-corrected chi connectivity index (χ0v) is 12.4. The molecule has 0 aromatic carbocycles. The van der Waals surface area contributed by atoms with Crippen molar-refractivity contribution in [2.75, 3.05) is 6.61 Å². The number of hydrogen-bond donors (Lipinski definition) is 1. The summed E-state index contributed by atoms with van der Waals surface area (Å²) >= 11 is 0. The fourth-order valence-corrected chi connectivity index (χ4v) is 2.44. The lowest BCUT2D eigenvalue weighted by Gasteiger charge is -2.12. The van der Waals surface area contributed by atoms with Crippen LogP contribution in [0.2, 0.25) is 0 Å². The number of rotatable bonds is 3. The molecule has 3 aromatic heterocycles. The predicted octanol–water partition coefficient (Wildman–Crippen LogP) is 2.24. The Balaban J connectivity index is 2.43. The first kappa shape index (κ1) is 14.8. The van der Waals surface area contributed by atoms with E-state index in [1.54, 1.807) is 43.3 Å². The van der Waals surface area contributed by atoms with E-state index in [1.807, 2.05) is 0 Å². The minimum Gasteiger partial charge on any atom is -0.506 e. The molecule has 0 bridgehead atoms. The van der Waals surface area contributed by atoms with Crippen molar-refractivity contribution in [2.45, 2.75) is 6.92 Å². The van der Waals surface area contributed by atoms with Crippen molar-refractivity contribution in [2.24, 2.45) is 0 Å². The molecule has 0 aliphatic carbocycles. The van der Waals surface area contributed by atoms with Crippen LogP contribution in [-0.4, -0.2) is 27.1 Å². The second kappa shape index (κ2) is 5.92. The first-order valence-corrected chi connectivity index (χ1v) is 7.10. The molecule has 0 spiro atoms. The third-order valence-corrected chi connectivity index (χ3v) is 3.42. The lowest BCUT2D eigenvalue weighted by Crippen LogP contribution is -2.20. The van der Waals surface area contributed by atoms with E-state index in [4.69, 9.17) is 4.74 Å². The molecule has 23 heavy (non-hydrogen) atoms. The van der Waals surface area contributed by atoms with Gasteiger partial charge in [-0.15, -0.1) is 0 Å². The van der Waals surface area contributed by atoms with Crippen molar-refractivity contribution >= 4 is 11.5 Å². The van der Waals surface area contributed by atoms with Gasteiger partial charge < -0.3 is 9.84 Å². The van der Waals surface area contributed by atoms with Crippen molar-refractivity contribution in [1.29, 1.82) is 0 Å². The van der Waals surface area contributed by atoms with Crippen LogP contribution in [0.25, 0.3) is 16.8 Å². The summed E-state index contributed by atoms with van der Waals surface area (Å²) in [5, 5.41) is 10.6. The van der Waals surface area contributed by atoms with Crippen LogP contribution in [0.15, 0.2) is 53.6 Å². The zero-order chi connectivity index (χ0) is 16.4. The van der Waals surface area contributed by atoms with Gasteiger partial charge in [0.1, 0.15) is 16.9 Å². The van der Waals surface area contributed by atoms with E-state index < -0.39 is 17.3 Å². The molecule has 6 heteroatoms. The van der Waals surface area contributed by atoms with Crippen molar-refractivity contribution in [3.8, 4) is 17.0 Å². The normalized spacial score (nSPS) is 10.7. The quantitative estimate of drug-likeness (QED) is 0.750. The summed E-state index contributed by atoms with van der Waals surface area (Å²) in [6, 6.07) is 9.92. The molecule has 0 aliphatic rings. The van der Waals surface area contributed by atoms with Crippen LogP contribution in [0.1, 0.15) is 17.3 Å². The zero-order valence-electron chi connectivity index (χ0n) is 12.4. The number of nitrogens with zero attached hydrogens (tertiary/aromatic N) is 2. The molecule has 0 saturated carbocycles. The maximum Gasteiger partial charge on any atom is 0.344 e. The number of carbonyl (C=O) groups is 1. The molecule has 3 heterocycles. The van der Waals surface area contributed by atoms with Gasteiger partial charge in [-0.2, -0.15) is 0 Å². The highest BCUT2D eigenvalue weighted by atomic mass is 16.5. The third kappa shape index (κ3) is 2.44. The molecule has 3 rings (SSSR count). The van der Waals surface area contributed by atoms with Crippen LogP contribution < -0.4 is 5.56 Å². The average molecular weight is 310 g/mol. The minimum absolute atomic E-state index is 0.0302. The summed E-state index contributed by atoms with van der Waals surface area (Å²) in [4.78, 5) is 29.0. The van der Waals surface area contributed by atoms with Crippen LogP contribution in [0, 0.1) is 0 Å². The molecule has 116 valence electrons. The van der Waals surface area contributed by atoms with Gasteiger partial charge >= 0.3 is 5.97 Å². The summed E-state index contributed by atoms with van der Waals surface area (Å²) in [7, 11) is 0. The Morgan fingerprint density at radius 3 is 2.74 bits per heavy atom. The smallest absolute Gasteiger partial charge is 0.344 e. The van der Waals surface area contributed by atoms with Gasteiger partial charge in [-0.3, -0.25) is 14.2 Å². The molecule has 0 unspecified atom stereocenters. The van der Waals surface area contributed by atoms with Gasteiger partial charge in [-0.05, 0) is 31.2 Å². The molecule has 0 fully saturated rings. The molecule has 0 radical (unpaired) electrons. The maximum atomic E-state index is 12.7. The van der Waals surface area contributed by atoms with Gasteiger partial charge in [0.05, 0.1) is 17.8 Å². The summed E-state index contributed by atoms with van der Waals surface area (Å²) < 4.78 is 6.31. The Morgan fingerprint density at radius 2 is 2.04 bits per heavy atom. The van der Waals surface area contributed by atoms with Gasteiger partial charge in [-0.25, -0.2) is 4.79 Å². The number of hydrogen-bond acceptors (Lipinski definition) is 5. The maximum absolute atomic E-state index is 12.7. The van der Waals surface area contributed by atoms with Crippen LogP contribution in [-0.2, 0) is 4.74 Å². The third-order valence-electron chi connectivity index (χ3n) is 3.42. The number of esters is 1. The highest BCUT2D eigenvalue weighted by molar-refractivity contribution is 6.02. The highest BCUT2D eigenvalue weighted by Gasteiger charge is 2.24. The van der Waals surface area contributed by atoms with Crippen molar-refractivity contribution in [3.05, 3.63) is 64.7 Å². The monoisotopic (exact) mass is 310 g/mol. The molecule has 6 nitrogen and oxygen atoms in total. The SMILES string of the molecule is CCOC(=O)c1c(O)c(-c2ccccn2)c(=O)n2ccccc12. The molecule has 0 aliphatic heterocycles. The Kier molecular flexibility index (Phi) is 3.80. The largest absolute Gasteiger partial charge is 0.506 e. The fraction of sp³-hybridized carbons (Fsp3) is 0.118. The summed E-state index contributed by atoms with van der Waals surface area (Å²) in [5.41, 5.74) is 0.0434. The molecule has 0 atom stereocenters. The van der Waals surface area contributed by atoms with Gasteiger partial charge in [0.2, 0.25) is 0 Å². The van der Waals surface area contributed by atoms with Crippen molar-refractivity contribution < 1.29 is 14.6 Å². The van der Waals surface area contributed by atoms with Gasteiger partial charge in [0.15, 0.2) is 0 Å². The standard InChI is InChI=1S/C17H14N2O4/c1-2-23-17(22)14-12-8-4-6-10-19(12)16(21)13(15(14)20)11-7-3-5-9-18-11/h3-10,20H,2H2,1H3. The topological polar surface area (TPSA) is 80.9 Å². The molecular formula is C17H14N2O4. The van der Waals surface area contributed by atoms with E-state index in [-0.39, 0.29) is 23.3 Å². The number of fused-ring (bicyclic) bond motifs is 1. The lowest BCUT2D eigenvalue weighted by atomic mass is 10.1. The predicted molar refractivity (Wildman–Crippen MR) is 84.5 cm³/mol. The van der Waals surface area contributed by atoms with E-state index in [0.29, 0.717) is 5.69 Å². The first-order chi connectivity index (χ1) is 11.1. The second-order valence-corrected chi connectivity index (χ2v) is 4.80. The fourth-order valence-electron chi connectivity index (χ4n) is 2.44. The number of pyridine rings is 3. The molecule has 0 amide bonds. The minimum atomic E-state index is -0.689. The summed E-state index contributed by atoms with van der Waals surface area (Å²) in [6.45, 7) is 1.83. The Labute approximate surface area is 131 Å². The Morgan fingerprint density at radius 1 is 1.26 bits per heavy atom. The van der Waals surface area contributed by atoms with Crippen LogP contribution >= 0.6 is 0 Å². The van der Waals surface area contributed by atoms with Crippen LogP contribution in [0.4, 0.5) is 0 Å². The Bertz CT molecular complexity index is 932. The first-order valence-electron chi connectivity index (χ1n) is 7.10. The number of ether oxygens (including phenoxy) is 1. The average Bonchev–Trinajstić information content (AvgIpc) is 2.56. The molecule has 1 N–H and O–H groups in total. The highest BCUT2D eigenvalue weighted by Crippen LogP contribution is 2.31. The number of carbonyl (C=O) groups excluding carboxylic acids is 1. The van der Waals surface area contributed by atoms with E-state index >= 15 is 0 Å². The second-order valence-electron chi connectivity index (χ2n) is 4.80. The van der Waals surface area contributed by atoms with Gasteiger partial charge in [-0.1, -0.05) is 12.1 Å². The van der Waals surface area contributed by atoms with Crippen LogP contribution in [0.5, 0.6) is 5.75 Å². The van der Waals surface area contributed by atoms with Crippen molar-refractivity contribution in [1.82, 2.24) is 9.38 Å². The lowest BCUT2D eigenvalue weighted by molar-refractivity contribution is 0.0525. The number of aromatic nitrogens is 2. The Hall–Kier alpha value is -3.15. The molecular weight excluding hydrogens is 296 g/mol. The summed E-state index contributed by atoms with van der Waals surface area (Å²) in [6.07, 6.45) is 3.05. The van der Waals surface area contributed by atoms with E-state index in [1.165, 1.54) is 16.8 Å². The molecule has 0 saturated heterocycles. The number of aromatic hydroxyl groups is 1. The molecule has 3 aromatic rings. The van der Waals surface area contributed by atoms with E-state index in [0.717, 1.165) is 0 Å². The van der Waals surface area contributed by atoms with E-state index in [9.17, 15) is 14.7 Å². The van der Waals surface area contributed by atoms with Gasteiger partial charge in [0, 0.05) is 12.4 Å². The van der Waals surface area contributed by atoms with Crippen LogP contribution in [0.3, 0.4) is 0 Å². The van der Waals surface area contributed by atoms with E-state index in [2.05, 4.69) is 4.98 Å². The van der Waals surface area contributed by atoms with Gasteiger partial charge in [0.25, 0.3) is 5.56 Å².